The second-order valence-electron chi connectivity index (χ2n) is 9.45. The van der Waals surface area contributed by atoms with Crippen LogP contribution in [0.2, 0.25) is 0 Å². The number of aryl methyl sites for hydroxylation is 1. The van der Waals surface area contributed by atoms with Crippen LogP contribution in [0.4, 0.5) is 13.2 Å². The summed E-state index contributed by atoms with van der Waals surface area (Å²) in [6.45, 7) is 3.89. The predicted molar refractivity (Wildman–Crippen MR) is 130 cm³/mol. The van der Waals surface area contributed by atoms with Crippen LogP contribution in [0.1, 0.15) is 36.6 Å². The minimum atomic E-state index is -4.77. The third-order valence-electron chi connectivity index (χ3n) is 6.72. The molecule has 3 aromatic carbocycles. The van der Waals surface area contributed by atoms with Gasteiger partial charge in [-0.3, -0.25) is 4.98 Å². The van der Waals surface area contributed by atoms with Gasteiger partial charge in [-0.25, -0.2) is 4.79 Å². The highest BCUT2D eigenvalue weighted by Gasteiger charge is 2.51. The molecule has 36 heavy (non-hydrogen) atoms. The first kappa shape index (κ1) is 24.1. The molecule has 0 fully saturated rings. The monoisotopic (exact) mass is 495 g/mol. The number of aromatic nitrogens is 1. The van der Waals surface area contributed by atoms with Crippen molar-refractivity contribution in [1.29, 1.82) is 0 Å². The molecule has 0 aliphatic carbocycles. The third kappa shape index (κ3) is 3.86. The summed E-state index contributed by atoms with van der Waals surface area (Å²) in [7, 11) is 0. The van der Waals surface area contributed by atoms with E-state index in [4.69, 9.17) is 9.47 Å². The van der Waals surface area contributed by atoms with E-state index >= 15 is 0 Å². The summed E-state index contributed by atoms with van der Waals surface area (Å²) in [5.41, 5.74) is 0.709. The Morgan fingerprint density at radius 1 is 1.14 bits per heavy atom. The van der Waals surface area contributed by atoms with Crippen molar-refractivity contribution in [3.8, 4) is 16.9 Å². The lowest BCUT2D eigenvalue weighted by Crippen LogP contribution is -2.44. The summed E-state index contributed by atoms with van der Waals surface area (Å²) in [6, 6.07) is 14.7. The van der Waals surface area contributed by atoms with Crippen LogP contribution in [0.5, 0.6) is 5.75 Å². The van der Waals surface area contributed by atoms with E-state index in [-0.39, 0.29) is 5.56 Å². The smallest absolute Gasteiger partial charge is 0.416 e. The molecule has 1 aliphatic rings. The largest absolute Gasteiger partial charge is 0.493 e. The lowest BCUT2D eigenvalue weighted by Gasteiger charge is -2.33. The van der Waals surface area contributed by atoms with E-state index in [1.807, 2.05) is 30.3 Å². The maximum Gasteiger partial charge on any atom is 0.416 e. The van der Waals surface area contributed by atoms with Gasteiger partial charge in [-0.1, -0.05) is 30.3 Å². The van der Waals surface area contributed by atoms with E-state index < -0.39 is 23.9 Å². The van der Waals surface area contributed by atoms with Crippen molar-refractivity contribution >= 4 is 27.6 Å². The summed E-state index contributed by atoms with van der Waals surface area (Å²) < 4.78 is 52.4. The van der Waals surface area contributed by atoms with Gasteiger partial charge < -0.3 is 14.6 Å². The average molecular weight is 495 g/mol. The van der Waals surface area contributed by atoms with Gasteiger partial charge in [-0.05, 0) is 66.4 Å². The molecule has 0 spiro atoms. The van der Waals surface area contributed by atoms with Crippen molar-refractivity contribution in [2.75, 3.05) is 6.61 Å². The molecule has 0 saturated carbocycles. The molecule has 0 radical (unpaired) electrons. The van der Waals surface area contributed by atoms with E-state index in [1.165, 1.54) is 0 Å². The minimum absolute atomic E-state index is 0.165. The molecular weight excluding hydrogens is 471 g/mol. The Morgan fingerprint density at radius 3 is 2.61 bits per heavy atom. The SMILES string of the molecule is Cc1cc2ccccc2c(-c2ccc3c4c(ccnc24)CCO3)c1[C@H](OC(C)(C)C(F)(F)F)C(=O)O. The summed E-state index contributed by atoms with van der Waals surface area (Å²) in [4.78, 5) is 17.1. The van der Waals surface area contributed by atoms with E-state index in [2.05, 4.69) is 4.98 Å². The van der Waals surface area contributed by atoms with E-state index in [0.29, 0.717) is 46.4 Å². The number of aliphatic carboxylic acids is 1. The van der Waals surface area contributed by atoms with Gasteiger partial charge in [0.2, 0.25) is 0 Å². The molecule has 1 aromatic heterocycles. The number of benzene rings is 3. The molecule has 5 rings (SSSR count). The van der Waals surface area contributed by atoms with Crippen molar-refractivity contribution in [1.82, 2.24) is 4.98 Å². The molecule has 1 aliphatic heterocycles. The zero-order valence-electron chi connectivity index (χ0n) is 19.9. The summed E-state index contributed by atoms with van der Waals surface area (Å²) in [5, 5.41) is 12.5. The first-order valence-corrected chi connectivity index (χ1v) is 11.5. The van der Waals surface area contributed by atoms with Gasteiger partial charge in [-0.15, -0.1) is 0 Å². The molecule has 8 heteroatoms. The third-order valence-corrected chi connectivity index (χ3v) is 6.72. The fraction of sp³-hybridized carbons (Fsp3) is 0.286. The first-order valence-electron chi connectivity index (χ1n) is 11.5. The number of alkyl halides is 3. The Kier molecular flexibility index (Phi) is 5.67. The molecular formula is C28H24F3NO4. The highest BCUT2D eigenvalue weighted by atomic mass is 19.4. The van der Waals surface area contributed by atoms with E-state index in [9.17, 15) is 23.1 Å². The fourth-order valence-corrected chi connectivity index (χ4v) is 4.83. The zero-order chi connectivity index (χ0) is 25.8. The topological polar surface area (TPSA) is 68.7 Å². The second kappa shape index (κ2) is 8.48. The van der Waals surface area contributed by atoms with Crippen LogP contribution in [0.15, 0.2) is 54.7 Å². The summed E-state index contributed by atoms with van der Waals surface area (Å²) >= 11 is 0. The Hall–Kier alpha value is -3.65. The number of nitrogens with zero attached hydrogens (tertiary/aromatic N) is 1. The van der Waals surface area contributed by atoms with Gasteiger partial charge in [0.1, 0.15) is 5.75 Å². The van der Waals surface area contributed by atoms with Crippen LogP contribution in [0.25, 0.3) is 32.8 Å². The first-order chi connectivity index (χ1) is 17.0. The van der Waals surface area contributed by atoms with Crippen molar-refractivity contribution in [2.24, 2.45) is 0 Å². The van der Waals surface area contributed by atoms with Crippen LogP contribution in [0, 0.1) is 6.92 Å². The minimum Gasteiger partial charge on any atom is -0.493 e. The number of halogens is 3. The maximum absolute atomic E-state index is 13.8. The van der Waals surface area contributed by atoms with Crippen molar-refractivity contribution in [3.63, 3.8) is 0 Å². The van der Waals surface area contributed by atoms with E-state index in [0.717, 1.165) is 30.2 Å². The number of hydrogen-bond donors (Lipinski definition) is 1. The predicted octanol–water partition coefficient (Wildman–Crippen LogP) is 6.78. The molecule has 186 valence electrons. The van der Waals surface area contributed by atoms with E-state index in [1.54, 1.807) is 31.3 Å². The number of carboxylic acid groups (broad SMARTS) is 1. The Morgan fingerprint density at radius 2 is 1.89 bits per heavy atom. The van der Waals surface area contributed by atoms with Crippen molar-refractivity contribution in [2.45, 2.75) is 45.1 Å². The molecule has 0 amide bonds. The number of carboxylic acids is 1. The van der Waals surface area contributed by atoms with Crippen LogP contribution >= 0.6 is 0 Å². The number of hydrogen-bond acceptors (Lipinski definition) is 4. The maximum atomic E-state index is 13.8. The molecule has 1 atom stereocenters. The normalized spacial score (nSPS) is 14.6. The Bertz CT molecular complexity index is 1500. The molecule has 0 saturated heterocycles. The standard InChI is InChI=1S/C28H24F3NO4/c1-15-14-17-6-4-5-7-18(17)23(21(15)25(26(33)34)36-27(2,3)28(29,30)31)19-8-9-20-22-16(11-13-35-20)10-12-32-24(19)22/h4-10,12,14,25H,11,13H2,1-3H3,(H,33,34)/t25-/m0/s1. The van der Waals surface area contributed by atoms with Crippen LogP contribution in [0.3, 0.4) is 0 Å². The quantitative estimate of drug-likeness (QED) is 0.331. The molecule has 5 nitrogen and oxygen atoms in total. The van der Waals surface area contributed by atoms with Crippen molar-refractivity contribution < 1.29 is 32.5 Å². The average Bonchev–Trinajstić information content (AvgIpc) is 2.82. The van der Waals surface area contributed by atoms with Gasteiger partial charge in [-0.2, -0.15) is 13.2 Å². The van der Waals surface area contributed by atoms with Crippen LogP contribution < -0.4 is 4.74 Å². The zero-order valence-corrected chi connectivity index (χ0v) is 19.9. The molecule has 2 heterocycles. The van der Waals surface area contributed by atoms with Gasteiger partial charge in [0, 0.05) is 29.1 Å². The Labute approximate surface area is 205 Å². The van der Waals surface area contributed by atoms with Gasteiger partial charge in [0.25, 0.3) is 0 Å². The number of pyridine rings is 1. The molecule has 1 N–H and O–H groups in total. The molecule has 4 aromatic rings. The van der Waals surface area contributed by atoms with Crippen molar-refractivity contribution in [3.05, 3.63) is 71.4 Å². The highest BCUT2D eigenvalue weighted by molar-refractivity contribution is 6.08. The summed E-state index contributed by atoms with van der Waals surface area (Å²) in [6.07, 6.45) is -4.27. The lowest BCUT2D eigenvalue weighted by atomic mass is 9.85. The highest BCUT2D eigenvalue weighted by Crippen LogP contribution is 2.46. The second-order valence-corrected chi connectivity index (χ2v) is 9.45. The number of rotatable bonds is 5. The lowest BCUT2D eigenvalue weighted by molar-refractivity contribution is -0.277. The van der Waals surface area contributed by atoms with Gasteiger partial charge in [0.05, 0.1) is 12.1 Å². The Balaban J connectivity index is 1.86. The van der Waals surface area contributed by atoms with Gasteiger partial charge >= 0.3 is 12.1 Å². The molecule has 0 unspecified atom stereocenters. The van der Waals surface area contributed by atoms with Crippen LogP contribution in [-0.2, 0) is 16.0 Å². The van der Waals surface area contributed by atoms with Crippen LogP contribution in [-0.4, -0.2) is 34.4 Å². The van der Waals surface area contributed by atoms with Gasteiger partial charge in [0.15, 0.2) is 11.7 Å². The summed E-state index contributed by atoms with van der Waals surface area (Å²) in [5.74, 6) is -0.836. The number of fused-ring (bicyclic) bond motifs is 1. The number of ether oxygens (including phenoxy) is 2. The number of carbonyl (C=O) groups is 1. The molecule has 0 bridgehead atoms. The fourth-order valence-electron chi connectivity index (χ4n) is 4.83.